The Labute approximate surface area is 133 Å². The Hall–Kier alpha value is -1.32. The summed E-state index contributed by atoms with van der Waals surface area (Å²) >= 11 is 0. The molecule has 0 aromatic heterocycles. The summed E-state index contributed by atoms with van der Waals surface area (Å²) in [6, 6.07) is 4.65. The van der Waals surface area contributed by atoms with Gasteiger partial charge >= 0.3 is 0 Å². The fourth-order valence-electron chi connectivity index (χ4n) is 4.74. The van der Waals surface area contributed by atoms with Gasteiger partial charge < -0.3 is 15.1 Å². The van der Waals surface area contributed by atoms with E-state index in [1.54, 1.807) is 6.08 Å². The van der Waals surface area contributed by atoms with E-state index in [0.29, 0.717) is 24.1 Å². The zero-order chi connectivity index (χ0) is 16.1. The molecule has 1 aromatic rings. The van der Waals surface area contributed by atoms with Crippen LogP contribution in [0.15, 0.2) is 24.8 Å². The van der Waals surface area contributed by atoms with Gasteiger partial charge in [0.2, 0.25) is 0 Å². The normalized spacial score (nSPS) is 32.4. The van der Waals surface area contributed by atoms with Gasteiger partial charge in [-0.05, 0) is 56.8 Å². The second-order valence-corrected chi connectivity index (χ2v) is 7.22. The zero-order valence-electron chi connectivity index (χ0n) is 13.8. The van der Waals surface area contributed by atoms with E-state index in [4.69, 9.17) is 0 Å². The number of aliphatic hydroxyl groups excluding tert-OH is 1. The molecule has 2 bridgehead atoms. The molecule has 0 saturated carbocycles. The maximum atomic E-state index is 10.8. The van der Waals surface area contributed by atoms with E-state index in [9.17, 15) is 10.2 Å². The average Bonchev–Trinajstić information content (AvgIpc) is 2.49. The average molecular weight is 301 g/mol. The molecule has 3 nitrogen and oxygen atoms in total. The summed E-state index contributed by atoms with van der Waals surface area (Å²) in [6.45, 7) is 8.98. The number of piperidine rings is 1. The molecule has 2 aliphatic rings. The lowest BCUT2D eigenvalue weighted by atomic mass is 9.55. The number of fused-ring (bicyclic) bond motifs is 4. The van der Waals surface area contributed by atoms with Gasteiger partial charge in [-0.15, -0.1) is 6.58 Å². The van der Waals surface area contributed by atoms with Crippen molar-refractivity contribution in [1.82, 2.24) is 4.90 Å². The molecule has 0 spiro atoms. The summed E-state index contributed by atoms with van der Waals surface area (Å²) in [6.07, 6.45) is 3.68. The summed E-state index contributed by atoms with van der Waals surface area (Å²) in [5.74, 6) is 0.838. The van der Waals surface area contributed by atoms with Crippen molar-refractivity contribution in [3.8, 4) is 5.75 Å². The second-order valence-electron chi connectivity index (χ2n) is 7.22. The lowest BCUT2D eigenvalue weighted by molar-refractivity contribution is 0.0153. The number of rotatable bonds is 3. The largest absolute Gasteiger partial charge is 0.507 e. The molecule has 0 amide bonds. The Kier molecular flexibility index (Phi) is 3.82. The van der Waals surface area contributed by atoms with E-state index in [1.807, 2.05) is 13.0 Å². The number of phenolic OH excluding ortho intramolecular Hbond substituents is 1. The predicted molar refractivity (Wildman–Crippen MR) is 89.2 cm³/mol. The van der Waals surface area contributed by atoms with Crippen molar-refractivity contribution in [1.29, 1.82) is 0 Å². The first kappa shape index (κ1) is 15.6. The SMILES string of the molecule is C=CC(O)CC12CCN(C)C(Cc3ccc(C)c(O)c31)C2C. The van der Waals surface area contributed by atoms with E-state index in [-0.39, 0.29) is 5.41 Å². The minimum Gasteiger partial charge on any atom is -0.507 e. The Balaban J connectivity index is 2.20. The molecule has 1 aromatic carbocycles. The van der Waals surface area contributed by atoms with Gasteiger partial charge in [-0.3, -0.25) is 0 Å². The van der Waals surface area contributed by atoms with Gasteiger partial charge in [0.1, 0.15) is 5.75 Å². The number of aromatic hydroxyl groups is 1. The van der Waals surface area contributed by atoms with Crippen LogP contribution in [0.2, 0.25) is 0 Å². The smallest absolute Gasteiger partial charge is 0.122 e. The third kappa shape index (κ3) is 2.10. The van der Waals surface area contributed by atoms with E-state index in [0.717, 1.165) is 30.5 Å². The standard InChI is InChI=1S/C19H27NO2/c1-5-15(21)11-19-8-9-20(4)16(13(19)3)10-14-7-6-12(2)18(22)17(14)19/h5-7,13,15-16,21-22H,1,8-11H2,2-4H3. The molecule has 4 atom stereocenters. The van der Waals surface area contributed by atoms with Crippen LogP contribution in [-0.4, -0.2) is 40.9 Å². The van der Waals surface area contributed by atoms with E-state index in [1.165, 1.54) is 5.56 Å². The highest BCUT2D eigenvalue weighted by Gasteiger charge is 2.52. The van der Waals surface area contributed by atoms with Gasteiger partial charge in [0.05, 0.1) is 6.10 Å². The van der Waals surface area contributed by atoms with Crippen molar-refractivity contribution in [2.75, 3.05) is 13.6 Å². The first-order chi connectivity index (χ1) is 10.4. The van der Waals surface area contributed by atoms with Crippen molar-refractivity contribution in [2.45, 2.75) is 50.7 Å². The molecule has 4 unspecified atom stereocenters. The molecule has 1 saturated heterocycles. The van der Waals surface area contributed by atoms with Crippen molar-refractivity contribution in [2.24, 2.45) is 5.92 Å². The molecule has 2 N–H and O–H groups in total. The molecule has 1 aliphatic carbocycles. The van der Waals surface area contributed by atoms with Crippen LogP contribution in [0.5, 0.6) is 5.75 Å². The zero-order valence-corrected chi connectivity index (χ0v) is 13.8. The van der Waals surface area contributed by atoms with Crippen LogP contribution < -0.4 is 0 Å². The lowest BCUT2D eigenvalue weighted by Gasteiger charge is -2.56. The summed E-state index contributed by atoms with van der Waals surface area (Å²) in [7, 11) is 2.19. The van der Waals surface area contributed by atoms with Crippen LogP contribution in [-0.2, 0) is 11.8 Å². The number of aryl methyl sites for hydroxylation is 1. The molecular weight excluding hydrogens is 274 g/mol. The van der Waals surface area contributed by atoms with Crippen molar-refractivity contribution < 1.29 is 10.2 Å². The Bertz CT molecular complexity index is 597. The number of nitrogens with zero attached hydrogens (tertiary/aromatic N) is 1. The van der Waals surface area contributed by atoms with Gasteiger partial charge in [-0.2, -0.15) is 0 Å². The monoisotopic (exact) mass is 301 g/mol. The molecule has 22 heavy (non-hydrogen) atoms. The number of aliphatic hydroxyl groups is 1. The molecule has 0 radical (unpaired) electrons. The van der Waals surface area contributed by atoms with Crippen LogP contribution in [0, 0.1) is 12.8 Å². The molecule has 1 fully saturated rings. The first-order valence-corrected chi connectivity index (χ1v) is 8.23. The van der Waals surface area contributed by atoms with Crippen LogP contribution in [0.25, 0.3) is 0 Å². The second kappa shape index (κ2) is 5.39. The van der Waals surface area contributed by atoms with Crippen LogP contribution in [0.3, 0.4) is 0 Å². The topological polar surface area (TPSA) is 43.7 Å². The van der Waals surface area contributed by atoms with Gasteiger partial charge in [0.25, 0.3) is 0 Å². The fraction of sp³-hybridized carbons (Fsp3) is 0.579. The molecule has 3 heteroatoms. The summed E-state index contributed by atoms with van der Waals surface area (Å²) in [4.78, 5) is 2.43. The van der Waals surface area contributed by atoms with E-state index in [2.05, 4.69) is 31.5 Å². The van der Waals surface area contributed by atoms with Crippen LogP contribution in [0.1, 0.15) is 36.5 Å². The number of hydrogen-bond acceptors (Lipinski definition) is 3. The number of benzene rings is 1. The van der Waals surface area contributed by atoms with Gasteiger partial charge in [-0.25, -0.2) is 0 Å². The highest BCUT2D eigenvalue weighted by atomic mass is 16.3. The number of likely N-dealkylation sites (N-methyl/N-ethyl adjacent to an activating group) is 1. The predicted octanol–water partition coefficient (Wildman–Crippen LogP) is 2.77. The van der Waals surface area contributed by atoms with Crippen LogP contribution in [0.4, 0.5) is 0 Å². The third-order valence-corrected chi connectivity index (χ3v) is 6.16. The molecule has 3 rings (SSSR count). The van der Waals surface area contributed by atoms with Crippen molar-refractivity contribution in [3.05, 3.63) is 41.5 Å². The summed E-state index contributed by atoms with van der Waals surface area (Å²) < 4.78 is 0. The Morgan fingerprint density at radius 3 is 2.91 bits per heavy atom. The number of likely N-dealkylation sites (tertiary alicyclic amines) is 1. The minimum atomic E-state index is -0.530. The van der Waals surface area contributed by atoms with Crippen LogP contribution >= 0.6 is 0 Å². The first-order valence-electron chi connectivity index (χ1n) is 8.23. The highest BCUT2D eigenvalue weighted by molar-refractivity contribution is 5.52. The third-order valence-electron chi connectivity index (χ3n) is 6.16. The molecule has 1 aliphatic heterocycles. The van der Waals surface area contributed by atoms with Gasteiger partial charge in [-0.1, -0.05) is 25.1 Å². The molecule has 1 heterocycles. The fourth-order valence-corrected chi connectivity index (χ4v) is 4.74. The summed E-state index contributed by atoms with van der Waals surface area (Å²) in [5.41, 5.74) is 3.10. The van der Waals surface area contributed by atoms with Gasteiger partial charge in [0, 0.05) is 17.0 Å². The van der Waals surface area contributed by atoms with Crippen molar-refractivity contribution in [3.63, 3.8) is 0 Å². The number of phenols is 1. The van der Waals surface area contributed by atoms with E-state index < -0.39 is 6.10 Å². The maximum absolute atomic E-state index is 10.8. The number of hydrogen-bond donors (Lipinski definition) is 2. The minimum absolute atomic E-state index is 0.158. The Morgan fingerprint density at radius 2 is 2.23 bits per heavy atom. The van der Waals surface area contributed by atoms with Crippen molar-refractivity contribution >= 4 is 0 Å². The van der Waals surface area contributed by atoms with Gasteiger partial charge in [0.15, 0.2) is 0 Å². The van der Waals surface area contributed by atoms with E-state index >= 15 is 0 Å². The maximum Gasteiger partial charge on any atom is 0.122 e. The molecule has 120 valence electrons. The lowest BCUT2D eigenvalue weighted by Crippen LogP contribution is -2.58. The quantitative estimate of drug-likeness (QED) is 0.844. The Morgan fingerprint density at radius 1 is 1.50 bits per heavy atom. The molecular formula is C19H27NO2. The highest BCUT2D eigenvalue weighted by Crippen LogP contribution is 2.54. The summed E-state index contributed by atoms with van der Waals surface area (Å²) in [5, 5.41) is 21.0.